The molecular formula is C8H18N2S. The maximum absolute atomic E-state index is 5.03. The molecule has 3 heteroatoms. The summed E-state index contributed by atoms with van der Waals surface area (Å²) in [7, 11) is 0. The van der Waals surface area contributed by atoms with Crippen LogP contribution in [0.4, 0.5) is 0 Å². The maximum atomic E-state index is 5.03. The molecule has 0 aromatic rings. The summed E-state index contributed by atoms with van der Waals surface area (Å²) < 4.78 is 0. The summed E-state index contributed by atoms with van der Waals surface area (Å²) in [6.07, 6.45) is 0. The van der Waals surface area contributed by atoms with E-state index in [1.54, 1.807) is 0 Å². The summed E-state index contributed by atoms with van der Waals surface area (Å²) in [5.41, 5.74) is 0. The molecule has 66 valence electrons. The molecule has 0 spiro atoms. The van der Waals surface area contributed by atoms with Crippen LogP contribution in [0.1, 0.15) is 27.7 Å². The highest BCUT2D eigenvalue weighted by Crippen LogP contribution is 1.98. The Morgan fingerprint density at radius 2 is 1.91 bits per heavy atom. The molecule has 0 saturated heterocycles. The van der Waals surface area contributed by atoms with Crippen LogP contribution in [-0.2, 0) is 0 Å². The van der Waals surface area contributed by atoms with Gasteiger partial charge in [-0.2, -0.15) is 0 Å². The van der Waals surface area contributed by atoms with E-state index < -0.39 is 0 Å². The van der Waals surface area contributed by atoms with E-state index >= 15 is 0 Å². The molecule has 0 heterocycles. The van der Waals surface area contributed by atoms with Gasteiger partial charge >= 0.3 is 0 Å². The van der Waals surface area contributed by atoms with Crippen LogP contribution in [0, 0.1) is 5.92 Å². The Balaban J connectivity index is 3.57. The van der Waals surface area contributed by atoms with Gasteiger partial charge in [0, 0.05) is 12.6 Å². The predicted molar refractivity (Wildman–Crippen MR) is 53.7 cm³/mol. The fourth-order valence-corrected chi connectivity index (χ4v) is 0.915. The first kappa shape index (κ1) is 10.7. The SMILES string of the molecule is CCNC(=S)NC(C)C(C)C. The molecule has 1 unspecified atom stereocenters. The fourth-order valence-electron chi connectivity index (χ4n) is 0.585. The first-order valence-electron chi connectivity index (χ1n) is 4.12. The second kappa shape index (κ2) is 5.35. The van der Waals surface area contributed by atoms with Gasteiger partial charge in [0.05, 0.1) is 0 Å². The molecule has 0 fully saturated rings. The average Bonchev–Trinajstić information content (AvgIpc) is 1.87. The van der Waals surface area contributed by atoms with Crippen molar-refractivity contribution in [3.63, 3.8) is 0 Å². The predicted octanol–water partition coefficient (Wildman–Crippen LogP) is 1.51. The minimum absolute atomic E-state index is 0.446. The first-order valence-corrected chi connectivity index (χ1v) is 4.53. The molecule has 0 rings (SSSR count). The highest BCUT2D eigenvalue weighted by molar-refractivity contribution is 7.80. The topological polar surface area (TPSA) is 24.1 Å². The summed E-state index contributed by atoms with van der Waals surface area (Å²) in [6.45, 7) is 9.40. The lowest BCUT2D eigenvalue weighted by atomic mass is 10.1. The molecule has 0 aliphatic heterocycles. The number of hydrogen-bond acceptors (Lipinski definition) is 1. The zero-order chi connectivity index (χ0) is 8.85. The van der Waals surface area contributed by atoms with Gasteiger partial charge < -0.3 is 10.6 Å². The van der Waals surface area contributed by atoms with Crippen LogP contribution in [0.3, 0.4) is 0 Å². The van der Waals surface area contributed by atoms with Crippen LogP contribution < -0.4 is 10.6 Å². The lowest BCUT2D eigenvalue weighted by Crippen LogP contribution is -2.42. The van der Waals surface area contributed by atoms with E-state index in [0.29, 0.717) is 12.0 Å². The van der Waals surface area contributed by atoms with Crippen molar-refractivity contribution in [2.75, 3.05) is 6.54 Å². The van der Waals surface area contributed by atoms with Gasteiger partial charge in [-0.3, -0.25) is 0 Å². The average molecular weight is 174 g/mol. The third-order valence-corrected chi connectivity index (χ3v) is 1.96. The van der Waals surface area contributed by atoms with Crippen LogP contribution >= 0.6 is 12.2 Å². The number of rotatable bonds is 3. The molecule has 1 atom stereocenters. The van der Waals surface area contributed by atoms with E-state index in [1.807, 2.05) is 6.92 Å². The van der Waals surface area contributed by atoms with Gasteiger partial charge in [0.1, 0.15) is 0 Å². The molecule has 11 heavy (non-hydrogen) atoms. The standard InChI is InChI=1S/C8H18N2S/c1-5-9-8(11)10-7(4)6(2)3/h6-7H,5H2,1-4H3,(H2,9,10,11). The normalized spacial score (nSPS) is 12.8. The van der Waals surface area contributed by atoms with Crippen molar-refractivity contribution in [2.24, 2.45) is 5.92 Å². The van der Waals surface area contributed by atoms with Gasteiger partial charge in [0.25, 0.3) is 0 Å². The quantitative estimate of drug-likeness (QED) is 0.634. The Morgan fingerprint density at radius 1 is 1.36 bits per heavy atom. The van der Waals surface area contributed by atoms with Gasteiger partial charge in [-0.05, 0) is 32.0 Å². The van der Waals surface area contributed by atoms with E-state index in [9.17, 15) is 0 Å². The van der Waals surface area contributed by atoms with Crippen molar-refractivity contribution in [3.8, 4) is 0 Å². The van der Waals surface area contributed by atoms with Gasteiger partial charge in [0.2, 0.25) is 0 Å². The van der Waals surface area contributed by atoms with Crippen molar-refractivity contribution in [2.45, 2.75) is 33.7 Å². The van der Waals surface area contributed by atoms with E-state index in [-0.39, 0.29) is 0 Å². The van der Waals surface area contributed by atoms with Crippen molar-refractivity contribution >= 4 is 17.3 Å². The van der Waals surface area contributed by atoms with Gasteiger partial charge in [-0.15, -0.1) is 0 Å². The molecule has 2 N–H and O–H groups in total. The highest BCUT2D eigenvalue weighted by Gasteiger charge is 2.06. The highest BCUT2D eigenvalue weighted by atomic mass is 32.1. The second-order valence-electron chi connectivity index (χ2n) is 3.04. The monoisotopic (exact) mass is 174 g/mol. The van der Waals surface area contributed by atoms with Gasteiger partial charge in [0.15, 0.2) is 5.11 Å². The molecular weight excluding hydrogens is 156 g/mol. The van der Waals surface area contributed by atoms with Gasteiger partial charge in [-0.25, -0.2) is 0 Å². The first-order chi connectivity index (χ1) is 5.07. The summed E-state index contributed by atoms with van der Waals surface area (Å²) in [6, 6.07) is 0.446. The zero-order valence-corrected chi connectivity index (χ0v) is 8.59. The van der Waals surface area contributed by atoms with E-state index in [0.717, 1.165) is 11.7 Å². The van der Waals surface area contributed by atoms with E-state index in [1.165, 1.54) is 0 Å². The number of nitrogens with one attached hydrogen (secondary N) is 2. The van der Waals surface area contributed by atoms with E-state index in [4.69, 9.17) is 12.2 Å². The Hall–Kier alpha value is -0.310. The van der Waals surface area contributed by atoms with Crippen molar-refractivity contribution in [1.29, 1.82) is 0 Å². The third-order valence-electron chi connectivity index (χ3n) is 1.70. The number of hydrogen-bond donors (Lipinski definition) is 2. The minimum Gasteiger partial charge on any atom is -0.363 e. The molecule has 0 aliphatic rings. The lowest BCUT2D eigenvalue weighted by molar-refractivity contribution is 0.485. The fraction of sp³-hybridized carbons (Fsp3) is 0.875. The van der Waals surface area contributed by atoms with Gasteiger partial charge in [-0.1, -0.05) is 13.8 Å². The summed E-state index contributed by atoms with van der Waals surface area (Å²) in [5.74, 6) is 0.617. The van der Waals surface area contributed by atoms with E-state index in [2.05, 4.69) is 31.4 Å². The zero-order valence-electron chi connectivity index (χ0n) is 7.77. The summed E-state index contributed by atoms with van der Waals surface area (Å²) >= 11 is 5.03. The van der Waals surface area contributed by atoms with Crippen molar-refractivity contribution < 1.29 is 0 Å². The second-order valence-corrected chi connectivity index (χ2v) is 3.44. The van der Waals surface area contributed by atoms with Crippen LogP contribution in [-0.4, -0.2) is 17.7 Å². The van der Waals surface area contributed by atoms with Crippen molar-refractivity contribution in [3.05, 3.63) is 0 Å². The Kier molecular flexibility index (Phi) is 5.20. The van der Waals surface area contributed by atoms with Crippen LogP contribution in [0.2, 0.25) is 0 Å². The molecule has 0 aliphatic carbocycles. The smallest absolute Gasteiger partial charge is 0.166 e. The molecule has 0 aromatic heterocycles. The Morgan fingerprint density at radius 3 is 2.27 bits per heavy atom. The summed E-state index contributed by atoms with van der Waals surface area (Å²) in [4.78, 5) is 0. The minimum atomic E-state index is 0.446. The molecule has 0 radical (unpaired) electrons. The Labute approximate surface area is 74.8 Å². The molecule has 0 bridgehead atoms. The molecule has 0 saturated carbocycles. The van der Waals surface area contributed by atoms with Crippen LogP contribution in [0.5, 0.6) is 0 Å². The number of thiocarbonyl (C=S) groups is 1. The van der Waals surface area contributed by atoms with Crippen LogP contribution in [0.25, 0.3) is 0 Å². The maximum Gasteiger partial charge on any atom is 0.166 e. The van der Waals surface area contributed by atoms with Crippen LogP contribution in [0.15, 0.2) is 0 Å². The van der Waals surface area contributed by atoms with Crippen molar-refractivity contribution in [1.82, 2.24) is 10.6 Å². The summed E-state index contributed by atoms with van der Waals surface area (Å²) in [5, 5.41) is 7.01. The largest absolute Gasteiger partial charge is 0.363 e. The molecule has 2 nitrogen and oxygen atoms in total. The molecule has 0 amide bonds. The lowest BCUT2D eigenvalue weighted by Gasteiger charge is -2.19. The molecule has 0 aromatic carbocycles. The Bertz CT molecular complexity index is 123. The third kappa shape index (κ3) is 5.01.